The van der Waals surface area contributed by atoms with Gasteiger partial charge in [0, 0.05) is 12.2 Å². The number of nitrogens with zero attached hydrogens (tertiary/aromatic N) is 2. The van der Waals surface area contributed by atoms with E-state index < -0.39 is 41.1 Å². The van der Waals surface area contributed by atoms with Crippen molar-refractivity contribution in [3.63, 3.8) is 0 Å². The fourth-order valence-electron chi connectivity index (χ4n) is 7.39. The number of hydrogen-bond acceptors (Lipinski definition) is 6. The van der Waals surface area contributed by atoms with Gasteiger partial charge in [-0.15, -0.1) is 0 Å². The van der Waals surface area contributed by atoms with E-state index in [0.29, 0.717) is 12.8 Å². The van der Waals surface area contributed by atoms with E-state index >= 15 is 0 Å². The molecule has 0 aromatic heterocycles. The minimum atomic E-state index is -1.42. The van der Waals surface area contributed by atoms with Crippen molar-refractivity contribution in [1.82, 2.24) is 4.90 Å². The highest BCUT2D eigenvalue weighted by atomic mass is 16.6. The number of rotatable bonds is 5. The number of para-hydroxylation sites is 1. The zero-order valence-corrected chi connectivity index (χ0v) is 23.7. The van der Waals surface area contributed by atoms with Crippen molar-refractivity contribution >= 4 is 23.5 Å². The lowest BCUT2D eigenvalue weighted by atomic mass is 9.74. The Labute approximate surface area is 240 Å². The summed E-state index contributed by atoms with van der Waals surface area (Å²) in [7, 11) is 0. The number of benzene rings is 2. The predicted molar refractivity (Wildman–Crippen MR) is 153 cm³/mol. The number of ether oxygens (including phenoxy) is 2. The smallest absolute Gasteiger partial charge is 0.313 e. The van der Waals surface area contributed by atoms with Crippen molar-refractivity contribution in [3.8, 4) is 0 Å². The molecule has 0 bridgehead atoms. The highest BCUT2D eigenvalue weighted by Gasteiger charge is 2.75. The molecular weight excluding hydrogens is 520 g/mol. The number of hydrogen-bond donors (Lipinski definition) is 1. The number of aliphatic hydroxyl groups excluding tert-OH is 1. The number of amides is 2. The third kappa shape index (κ3) is 4.23. The van der Waals surface area contributed by atoms with Crippen LogP contribution in [0.25, 0.3) is 0 Å². The normalized spacial score (nSPS) is 31.6. The van der Waals surface area contributed by atoms with Gasteiger partial charge in [0.15, 0.2) is 0 Å². The van der Waals surface area contributed by atoms with Gasteiger partial charge >= 0.3 is 5.97 Å². The van der Waals surface area contributed by atoms with Crippen LogP contribution < -0.4 is 4.90 Å². The summed E-state index contributed by atoms with van der Waals surface area (Å²) in [4.78, 5) is 46.2. The Bertz CT molecular complexity index is 1420. The summed E-state index contributed by atoms with van der Waals surface area (Å²) < 4.78 is 12.4. The van der Waals surface area contributed by atoms with E-state index in [1.54, 1.807) is 11.8 Å². The highest BCUT2D eigenvalue weighted by Crippen LogP contribution is 2.57. The van der Waals surface area contributed by atoms with E-state index in [1.807, 2.05) is 86.7 Å². The fraction of sp³-hybridized carbons (Fsp3) is 0.424. The second kappa shape index (κ2) is 10.3. The van der Waals surface area contributed by atoms with E-state index in [2.05, 4.69) is 0 Å². The molecule has 0 aliphatic carbocycles. The molecule has 2 aromatic rings. The Balaban J connectivity index is 1.52. The number of aryl methyl sites for hydroxylation is 2. The van der Waals surface area contributed by atoms with Crippen molar-refractivity contribution in [1.29, 1.82) is 0 Å². The van der Waals surface area contributed by atoms with Crippen LogP contribution in [0.4, 0.5) is 5.69 Å². The van der Waals surface area contributed by atoms with Gasteiger partial charge in [-0.2, -0.15) is 0 Å². The van der Waals surface area contributed by atoms with Gasteiger partial charge in [0.05, 0.1) is 30.8 Å². The van der Waals surface area contributed by atoms with Gasteiger partial charge < -0.3 is 24.4 Å². The summed E-state index contributed by atoms with van der Waals surface area (Å²) in [5, 5.41) is 10.7. The maximum absolute atomic E-state index is 14.8. The summed E-state index contributed by atoms with van der Waals surface area (Å²) in [5.41, 5.74) is 1.02. The summed E-state index contributed by atoms with van der Waals surface area (Å²) in [6.07, 6.45) is 8.33. The average Bonchev–Trinajstić information content (AvgIpc) is 3.27. The topological polar surface area (TPSA) is 96.4 Å². The Kier molecular flexibility index (Phi) is 6.86. The number of likely N-dealkylation sites (tertiary alicyclic amines) is 1. The Morgan fingerprint density at radius 1 is 0.951 bits per heavy atom. The quantitative estimate of drug-likeness (QED) is 0.449. The number of aliphatic hydroxyl groups is 1. The van der Waals surface area contributed by atoms with E-state index in [-0.39, 0.29) is 31.6 Å². The first kappa shape index (κ1) is 27.4. The van der Waals surface area contributed by atoms with Crippen LogP contribution in [0, 0.1) is 25.7 Å². The van der Waals surface area contributed by atoms with Crippen LogP contribution in [0.5, 0.6) is 0 Å². The van der Waals surface area contributed by atoms with Crippen molar-refractivity contribution in [2.75, 3.05) is 24.7 Å². The number of carbonyl (C=O) groups is 3. The molecule has 2 aromatic carbocycles. The molecular formula is C33H36N2O6. The van der Waals surface area contributed by atoms with E-state index in [1.165, 1.54) is 4.90 Å². The van der Waals surface area contributed by atoms with Crippen LogP contribution in [-0.2, 0) is 30.3 Å². The van der Waals surface area contributed by atoms with Crippen LogP contribution in [0.15, 0.2) is 72.8 Å². The lowest BCUT2D eigenvalue weighted by molar-refractivity contribution is -0.160. The summed E-state index contributed by atoms with van der Waals surface area (Å²) >= 11 is 0. The van der Waals surface area contributed by atoms with E-state index in [0.717, 1.165) is 22.4 Å². The van der Waals surface area contributed by atoms with E-state index in [4.69, 9.17) is 9.47 Å². The summed E-state index contributed by atoms with van der Waals surface area (Å²) in [5.74, 6) is -3.13. The molecule has 2 saturated heterocycles. The first-order chi connectivity index (χ1) is 19.7. The van der Waals surface area contributed by atoms with Crippen molar-refractivity contribution in [2.45, 2.75) is 56.9 Å². The molecule has 6 rings (SSSR count). The van der Waals surface area contributed by atoms with Crippen molar-refractivity contribution < 1.29 is 29.0 Å². The molecule has 4 aliphatic rings. The van der Waals surface area contributed by atoms with Gasteiger partial charge in [0.25, 0.3) is 5.91 Å². The van der Waals surface area contributed by atoms with Crippen LogP contribution in [0.1, 0.15) is 30.0 Å². The van der Waals surface area contributed by atoms with Gasteiger partial charge in [0.1, 0.15) is 17.6 Å². The first-order valence-electron chi connectivity index (χ1n) is 14.3. The highest BCUT2D eigenvalue weighted by molar-refractivity contribution is 6.06. The number of esters is 1. The third-order valence-corrected chi connectivity index (χ3v) is 9.09. The van der Waals surface area contributed by atoms with Gasteiger partial charge in [-0.1, -0.05) is 72.8 Å². The standard InChI is InChI=1S/C33H36N2O6/c1-21-11-9-12-22(2)27(21)34-17-10-16-33-25(26-31(39)40-18-8-7-15-32(26,3)41-33)29(37)35(28(33)30(34)38)24(20-36)19-23-13-5-4-6-14-23/h4-7,9-16,24-26,28,36H,8,17-20H2,1-3H3/t24-,25+,26+,28?,32-,33+/m1/s1. The van der Waals surface area contributed by atoms with Gasteiger partial charge in [-0.25, -0.2) is 0 Å². The Morgan fingerprint density at radius 2 is 1.68 bits per heavy atom. The first-order valence-corrected chi connectivity index (χ1v) is 14.3. The van der Waals surface area contributed by atoms with Crippen LogP contribution in [0.3, 0.4) is 0 Å². The number of fused-ring (bicyclic) bond motifs is 2. The molecule has 0 radical (unpaired) electrons. The number of cyclic esters (lactones) is 1. The maximum atomic E-state index is 14.8. The van der Waals surface area contributed by atoms with Crippen molar-refractivity contribution in [3.05, 3.63) is 89.5 Å². The molecule has 41 heavy (non-hydrogen) atoms. The second-order valence-electron chi connectivity index (χ2n) is 11.7. The molecule has 2 fully saturated rings. The van der Waals surface area contributed by atoms with Gasteiger partial charge in [-0.05, 0) is 50.3 Å². The van der Waals surface area contributed by atoms with Crippen LogP contribution >= 0.6 is 0 Å². The van der Waals surface area contributed by atoms with Crippen LogP contribution in [0.2, 0.25) is 0 Å². The fourth-order valence-corrected chi connectivity index (χ4v) is 7.39. The monoisotopic (exact) mass is 556 g/mol. The average molecular weight is 557 g/mol. The molecule has 4 aliphatic heterocycles. The third-order valence-electron chi connectivity index (χ3n) is 9.09. The maximum Gasteiger partial charge on any atom is 0.313 e. The van der Waals surface area contributed by atoms with Crippen LogP contribution in [-0.4, -0.2) is 70.8 Å². The lowest BCUT2D eigenvalue weighted by Crippen LogP contribution is -2.59. The zero-order valence-electron chi connectivity index (χ0n) is 23.7. The lowest BCUT2D eigenvalue weighted by Gasteiger charge is -2.40. The zero-order chi connectivity index (χ0) is 28.9. The van der Waals surface area contributed by atoms with E-state index in [9.17, 15) is 19.5 Å². The minimum Gasteiger partial charge on any atom is -0.465 e. The Hall–Kier alpha value is -3.75. The molecule has 8 nitrogen and oxygen atoms in total. The summed E-state index contributed by atoms with van der Waals surface area (Å²) in [6.45, 7) is 5.86. The molecule has 8 heteroatoms. The largest absolute Gasteiger partial charge is 0.465 e. The number of carbonyl (C=O) groups excluding carboxylic acids is 3. The molecule has 4 heterocycles. The molecule has 1 unspecified atom stereocenters. The SMILES string of the molecule is Cc1cccc(C)c1N1CC=C[C@]23O[C@]4(C)C=CCCOC(=O)[C@@H]4[C@H]2C(=O)N([C@@H](CO)Cc2ccccc2)C3C1=O. The van der Waals surface area contributed by atoms with Gasteiger partial charge in [0.2, 0.25) is 5.91 Å². The molecule has 1 N–H and O–H groups in total. The van der Waals surface area contributed by atoms with Crippen molar-refractivity contribution in [2.24, 2.45) is 11.8 Å². The molecule has 2 amide bonds. The predicted octanol–water partition coefficient (Wildman–Crippen LogP) is 3.28. The molecule has 1 spiro atoms. The number of anilines is 1. The molecule has 0 saturated carbocycles. The second-order valence-corrected chi connectivity index (χ2v) is 11.7. The molecule has 214 valence electrons. The summed E-state index contributed by atoms with van der Waals surface area (Å²) in [6, 6.07) is 13.6. The van der Waals surface area contributed by atoms with Gasteiger partial charge in [-0.3, -0.25) is 14.4 Å². The minimum absolute atomic E-state index is 0.214. The molecule has 6 atom stereocenters. The Morgan fingerprint density at radius 3 is 2.39 bits per heavy atom.